The van der Waals surface area contributed by atoms with Gasteiger partial charge in [-0.1, -0.05) is 30.3 Å². The molecule has 0 bridgehead atoms. The van der Waals surface area contributed by atoms with E-state index in [9.17, 15) is 18.0 Å². The Hall–Kier alpha value is -3.34. The molecule has 0 atom stereocenters. The molecule has 0 radical (unpaired) electrons. The van der Waals surface area contributed by atoms with Gasteiger partial charge in [0.15, 0.2) is 5.82 Å². The number of benzene rings is 2. The first-order chi connectivity index (χ1) is 16.7. The second kappa shape index (κ2) is 10.5. The van der Waals surface area contributed by atoms with Crippen molar-refractivity contribution >= 4 is 30.4 Å². The topological polar surface area (TPSA) is 83.0 Å². The number of hydrogen-bond acceptors (Lipinski definition) is 7. The third kappa shape index (κ3) is 6.02. The Morgan fingerprint density at radius 1 is 1.06 bits per heavy atom. The van der Waals surface area contributed by atoms with Crippen molar-refractivity contribution in [3.8, 4) is 11.4 Å². The molecule has 1 aliphatic rings. The van der Waals surface area contributed by atoms with Crippen LogP contribution in [-0.4, -0.2) is 41.0 Å². The van der Waals surface area contributed by atoms with E-state index in [-0.39, 0.29) is 23.9 Å². The molecule has 2 heterocycles. The van der Waals surface area contributed by atoms with Crippen LogP contribution in [0.25, 0.3) is 11.4 Å². The minimum atomic E-state index is -4.46. The summed E-state index contributed by atoms with van der Waals surface area (Å²) in [6, 6.07) is 12.8. The van der Waals surface area contributed by atoms with Crippen LogP contribution in [0.4, 0.5) is 25.1 Å². The first-order valence-corrected chi connectivity index (χ1v) is 11.6. The molecule has 2 N–H and O–H groups in total. The number of rotatable bonds is 6. The molecule has 1 saturated heterocycles. The van der Waals surface area contributed by atoms with Crippen LogP contribution in [0.2, 0.25) is 0 Å². The Bertz CT molecular complexity index is 1180. The van der Waals surface area contributed by atoms with E-state index in [0.717, 1.165) is 16.5 Å². The predicted molar refractivity (Wildman–Crippen MR) is 130 cm³/mol. The molecule has 0 saturated carbocycles. The lowest BCUT2D eigenvalue weighted by Gasteiger charge is -2.31. The summed E-state index contributed by atoms with van der Waals surface area (Å²) in [6.45, 7) is 0.918. The van der Waals surface area contributed by atoms with Gasteiger partial charge in [0, 0.05) is 43.1 Å². The Morgan fingerprint density at radius 2 is 1.74 bits per heavy atom. The average molecular weight is 503 g/mol. The Labute approximate surface area is 206 Å². The van der Waals surface area contributed by atoms with Crippen LogP contribution < -0.4 is 15.5 Å². The molecule has 1 aliphatic heterocycles. The van der Waals surface area contributed by atoms with Crippen molar-refractivity contribution in [2.45, 2.75) is 30.5 Å². The standard InChI is InChI=1S/C24H25F3N6OS/c1-28-22-30-20(15-6-8-18(35)9-7-15)31-23(32-22)33-12-10-16(11-13-33)21(34)29-14-17-4-2-3-5-19(17)24(25,26)27/h2-9,16,35H,10-14H2,1H3,(H,29,34)(H,28,30,31,32). The zero-order valence-electron chi connectivity index (χ0n) is 19.0. The number of alkyl halides is 3. The highest BCUT2D eigenvalue weighted by atomic mass is 32.1. The smallest absolute Gasteiger partial charge is 0.357 e. The zero-order chi connectivity index (χ0) is 25.0. The van der Waals surface area contributed by atoms with E-state index in [1.165, 1.54) is 18.2 Å². The quantitative estimate of drug-likeness (QED) is 0.433. The summed E-state index contributed by atoms with van der Waals surface area (Å²) >= 11 is 4.31. The molecule has 2 aromatic carbocycles. The summed E-state index contributed by atoms with van der Waals surface area (Å²) in [5, 5.41) is 5.63. The fourth-order valence-corrected chi connectivity index (χ4v) is 4.13. The van der Waals surface area contributed by atoms with E-state index in [1.807, 2.05) is 29.2 Å². The summed E-state index contributed by atoms with van der Waals surface area (Å²) in [5.74, 6) is 0.921. The maximum atomic E-state index is 13.2. The highest BCUT2D eigenvalue weighted by Crippen LogP contribution is 2.32. The molecule has 4 rings (SSSR count). The number of nitrogens with zero attached hydrogens (tertiary/aromatic N) is 4. The second-order valence-electron chi connectivity index (χ2n) is 8.21. The number of carbonyl (C=O) groups is 1. The lowest BCUT2D eigenvalue weighted by molar-refractivity contribution is -0.138. The van der Waals surface area contributed by atoms with Gasteiger partial charge in [0.1, 0.15) is 0 Å². The van der Waals surface area contributed by atoms with Crippen molar-refractivity contribution < 1.29 is 18.0 Å². The van der Waals surface area contributed by atoms with Gasteiger partial charge in [-0.3, -0.25) is 4.79 Å². The number of aromatic nitrogens is 3. The molecule has 1 amide bonds. The Morgan fingerprint density at radius 3 is 2.40 bits per heavy atom. The number of thiol groups is 1. The molecule has 0 spiro atoms. The average Bonchev–Trinajstić information content (AvgIpc) is 2.87. The first-order valence-electron chi connectivity index (χ1n) is 11.2. The Kier molecular flexibility index (Phi) is 7.44. The highest BCUT2D eigenvalue weighted by Gasteiger charge is 2.33. The van der Waals surface area contributed by atoms with Crippen molar-refractivity contribution in [3.63, 3.8) is 0 Å². The van der Waals surface area contributed by atoms with E-state index >= 15 is 0 Å². The molecule has 35 heavy (non-hydrogen) atoms. The van der Waals surface area contributed by atoms with Gasteiger partial charge in [-0.05, 0) is 36.6 Å². The van der Waals surface area contributed by atoms with Crippen LogP contribution in [0.15, 0.2) is 53.4 Å². The van der Waals surface area contributed by atoms with Crippen molar-refractivity contribution in [1.82, 2.24) is 20.3 Å². The third-order valence-corrected chi connectivity index (χ3v) is 6.20. The van der Waals surface area contributed by atoms with Gasteiger partial charge in [-0.25, -0.2) is 0 Å². The number of carbonyl (C=O) groups excluding carboxylic acids is 1. The predicted octanol–water partition coefficient (Wildman–Crippen LogP) is 4.42. The van der Waals surface area contributed by atoms with Crippen LogP contribution in [0.5, 0.6) is 0 Å². The fraction of sp³-hybridized carbons (Fsp3) is 0.333. The molecule has 1 aromatic heterocycles. The van der Waals surface area contributed by atoms with E-state index < -0.39 is 11.7 Å². The van der Waals surface area contributed by atoms with Crippen LogP contribution in [0, 0.1) is 5.92 Å². The first kappa shape index (κ1) is 24.8. The van der Waals surface area contributed by atoms with Gasteiger partial charge in [0.2, 0.25) is 17.8 Å². The molecule has 3 aromatic rings. The van der Waals surface area contributed by atoms with Gasteiger partial charge < -0.3 is 15.5 Å². The summed E-state index contributed by atoms with van der Waals surface area (Å²) in [7, 11) is 1.73. The fourth-order valence-electron chi connectivity index (χ4n) is 3.98. The molecule has 11 heteroatoms. The van der Waals surface area contributed by atoms with Crippen molar-refractivity contribution in [3.05, 3.63) is 59.7 Å². The van der Waals surface area contributed by atoms with E-state index in [1.54, 1.807) is 7.05 Å². The SMILES string of the molecule is CNc1nc(-c2ccc(S)cc2)nc(N2CCC(C(=O)NCc3ccccc3C(F)(F)F)CC2)n1. The zero-order valence-corrected chi connectivity index (χ0v) is 19.9. The van der Waals surface area contributed by atoms with E-state index in [4.69, 9.17) is 0 Å². The number of halogens is 3. The monoisotopic (exact) mass is 502 g/mol. The molecule has 0 unspecified atom stereocenters. The van der Waals surface area contributed by atoms with Crippen LogP contribution in [-0.2, 0) is 17.5 Å². The molecule has 0 aliphatic carbocycles. The second-order valence-corrected chi connectivity index (χ2v) is 8.73. The minimum Gasteiger partial charge on any atom is -0.357 e. The van der Waals surface area contributed by atoms with Gasteiger partial charge in [0.25, 0.3) is 0 Å². The summed E-state index contributed by atoms with van der Waals surface area (Å²) in [6.07, 6.45) is -3.38. The minimum absolute atomic E-state index is 0.0500. The molecular formula is C24H25F3N6OS. The van der Waals surface area contributed by atoms with Crippen molar-refractivity contribution in [2.24, 2.45) is 5.92 Å². The van der Waals surface area contributed by atoms with Gasteiger partial charge >= 0.3 is 6.18 Å². The molecule has 184 valence electrons. The number of amides is 1. The lowest BCUT2D eigenvalue weighted by atomic mass is 9.96. The maximum absolute atomic E-state index is 13.2. The molecule has 1 fully saturated rings. The third-order valence-electron chi connectivity index (χ3n) is 5.90. The normalized spacial score (nSPS) is 14.6. The van der Waals surface area contributed by atoms with Gasteiger partial charge in [-0.2, -0.15) is 28.1 Å². The number of anilines is 2. The maximum Gasteiger partial charge on any atom is 0.416 e. The van der Waals surface area contributed by atoms with Crippen LogP contribution >= 0.6 is 12.6 Å². The number of hydrogen-bond donors (Lipinski definition) is 3. The van der Waals surface area contributed by atoms with E-state index in [0.29, 0.717) is 43.7 Å². The van der Waals surface area contributed by atoms with Crippen LogP contribution in [0.1, 0.15) is 24.0 Å². The van der Waals surface area contributed by atoms with Gasteiger partial charge in [0.05, 0.1) is 5.56 Å². The number of nitrogens with one attached hydrogen (secondary N) is 2. The number of piperidine rings is 1. The largest absolute Gasteiger partial charge is 0.416 e. The summed E-state index contributed by atoms with van der Waals surface area (Å²) in [4.78, 5) is 29.0. The highest BCUT2D eigenvalue weighted by molar-refractivity contribution is 7.80. The van der Waals surface area contributed by atoms with E-state index in [2.05, 4.69) is 38.2 Å². The Balaban J connectivity index is 1.39. The lowest BCUT2D eigenvalue weighted by Crippen LogP contribution is -2.41. The van der Waals surface area contributed by atoms with Crippen molar-refractivity contribution in [1.29, 1.82) is 0 Å². The molecular weight excluding hydrogens is 477 g/mol. The van der Waals surface area contributed by atoms with Gasteiger partial charge in [-0.15, -0.1) is 12.6 Å². The summed E-state index contributed by atoms with van der Waals surface area (Å²) < 4.78 is 39.6. The molecule has 7 nitrogen and oxygen atoms in total. The summed E-state index contributed by atoms with van der Waals surface area (Å²) in [5.41, 5.74) is 0.149. The van der Waals surface area contributed by atoms with Crippen molar-refractivity contribution in [2.75, 3.05) is 30.4 Å². The van der Waals surface area contributed by atoms with Crippen LogP contribution in [0.3, 0.4) is 0 Å².